The number of nitrogens with one attached hydrogen (secondary N) is 1. The molecule has 1 saturated heterocycles. The third-order valence-corrected chi connectivity index (χ3v) is 7.49. The maximum Gasteiger partial charge on any atom is 0.250 e. The number of carbonyl (C=O) groups is 1. The molecule has 2 aliphatic heterocycles. The zero-order chi connectivity index (χ0) is 27.0. The topological polar surface area (TPSA) is 71.7 Å². The molecule has 0 spiro atoms. The van der Waals surface area contributed by atoms with Crippen LogP contribution >= 0.6 is 11.6 Å². The summed E-state index contributed by atoms with van der Waals surface area (Å²) in [5, 5.41) is 13.4. The van der Waals surface area contributed by atoms with Gasteiger partial charge in [0, 0.05) is 41.5 Å². The third-order valence-electron chi connectivity index (χ3n) is 7.27. The van der Waals surface area contributed by atoms with Crippen LogP contribution in [0.5, 0.6) is 0 Å². The second-order valence-corrected chi connectivity index (χ2v) is 10.5. The summed E-state index contributed by atoms with van der Waals surface area (Å²) < 4.78 is 15.3. The fraction of sp³-hybridized carbons (Fsp3) is 0.300. The van der Waals surface area contributed by atoms with Crippen LogP contribution in [0, 0.1) is 31.0 Å². The number of hydrogen-bond donors (Lipinski definition) is 1. The summed E-state index contributed by atoms with van der Waals surface area (Å²) in [6, 6.07) is 15.6. The van der Waals surface area contributed by atoms with Crippen molar-refractivity contribution in [3.05, 3.63) is 81.6 Å². The summed E-state index contributed by atoms with van der Waals surface area (Å²) >= 11 is 6.40. The van der Waals surface area contributed by atoms with Crippen molar-refractivity contribution in [3.63, 3.8) is 0 Å². The van der Waals surface area contributed by atoms with Crippen LogP contribution in [-0.2, 0) is 4.79 Å². The Morgan fingerprint density at radius 2 is 2.05 bits per heavy atom. The number of halogens is 2. The van der Waals surface area contributed by atoms with Crippen molar-refractivity contribution >= 4 is 35.2 Å². The Hall–Kier alpha value is -3.73. The highest BCUT2D eigenvalue weighted by molar-refractivity contribution is 6.31. The van der Waals surface area contributed by atoms with Gasteiger partial charge in [0.05, 0.1) is 17.6 Å². The SMILES string of the molecule is Cc1cc(Cl)cc(N2C=Nc3cc(C)c(-c4cccc(C#N)c4F)cc3C2C(=O)N(C)C[C@@H]2CCCN2)c1. The van der Waals surface area contributed by atoms with E-state index in [4.69, 9.17) is 11.6 Å². The van der Waals surface area contributed by atoms with E-state index in [9.17, 15) is 10.1 Å². The van der Waals surface area contributed by atoms with Crippen molar-refractivity contribution in [2.75, 3.05) is 25.0 Å². The molecule has 0 aliphatic carbocycles. The molecular weight excluding hydrogens is 501 g/mol. The number of benzene rings is 3. The number of anilines is 1. The highest BCUT2D eigenvalue weighted by Crippen LogP contribution is 2.42. The largest absolute Gasteiger partial charge is 0.342 e. The molecule has 5 rings (SSSR count). The molecule has 194 valence electrons. The van der Waals surface area contributed by atoms with Crippen LogP contribution in [0.25, 0.3) is 11.1 Å². The van der Waals surface area contributed by atoms with Crippen LogP contribution in [0.2, 0.25) is 5.02 Å². The molecule has 0 aromatic heterocycles. The van der Waals surface area contributed by atoms with Crippen LogP contribution in [0.15, 0.2) is 53.5 Å². The smallest absolute Gasteiger partial charge is 0.250 e. The third kappa shape index (κ3) is 4.90. The van der Waals surface area contributed by atoms with E-state index < -0.39 is 11.9 Å². The van der Waals surface area contributed by atoms with E-state index in [0.717, 1.165) is 36.2 Å². The number of fused-ring (bicyclic) bond motifs is 1. The first kappa shape index (κ1) is 25.9. The Morgan fingerprint density at radius 3 is 2.76 bits per heavy atom. The predicted octanol–water partition coefficient (Wildman–Crippen LogP) is 6.07. The standard InChI is InChI=1S/C30H29ClFN5O/c1-18-10-21(31)13-23(11-18)37-17-35-27-12-19(2)25(24-8-4-6-20(15-33)28(24)32)14-26(27)29(37)30(38)36(3)16-22-7-5-9-34-22/h4,6,8,10-14,17,22,29,34H,5,7,9,16H2,1-3H3/t22-,29?/m0/s1. The minimum atomic E-state index is -0.728. The van der Waals surface area contributed by atoms with Crippen LogP contribution in [0.1, 0.15) is 41.1 Å². The fourth-order valence-corrected chi connectivity index (χ4v) is 5.66. The van der Waals surface area contributed by atoms with Crippen LogP contribution in [0.3, 0.4) is 0 Å². The Balaban J connectivity index is 1.64. The molecule has 3 aromatic carbocycles. The lowest BCUT2D eigenvalue weighted by molar-refractivity contribution is -0.131. The van der Waals surface area contributed by atoms with E-state index in [2.05, 4.69) is 10.3 Å². The predicted molar refractivity (Wildman–Crippen MR) is 150 cm³/mol. The number of nitriles is 1. The second kappa shape index (κ2) is 10.6. The first-order chi connectivity index (χ1) is 18.3. The van der Waals surface area contributed by atoms with E-state index in [0.29, 0.717) is 33.9 Å². The van der Waals surface area contributed by atoms with Crippen LogP contribution < -0.4 is 10.2 Å². The van der Waals surface area contributed by atoms with E-state index in [-0.39, 0.29) is 17.5 Å². The van der Waals surface area contributed by atoms with Gasteiger partial charge in [0.15, 0.2) is 0 Å². The normalized spacial score (nSPS) is 18.3. The van der Waals surface area contributed by atoms with Crippen molar-refractivity contribution < 1.29 is 9.18 Å². The maximum atomic E-state index is 15.3. The minimum absolute atomic E-state index is 0.0231. The van der Waals surface area contributed by atoms with Gasteiger partial charge in [-0.3, -0.25) is 4.79 Å². The summed E-state index contributed by atoms with van der Waals surface area (Å²) in [6.07, 6.45) is 3.79. The van der Waals surface area contributed by atoms with Crippen molar-refractivity contribution in [2.24, 2.45) is 4.99 Å². The molecule has 2 aliphatic rings. The molecule has 0 radical (unpaired) electrons. The molecule has 8 heteroatoms. The van der Waals surface area contributed by atoms with Gasteiger partial charge in [-0.1, -0.05) is 23.7 Å². The lowest BCUT2D eigenvalue weighted by atomic mass is 9.91. The van der Waals surface area contributed by atoms with Gasteiger partial charge >= 0.3 is 0 Å². The van der Waals surface area contributed by atoms with E-state index in [1.165, 1.54) is 6.07 Å². The molecule has 3 aromatic rings. The molecule has 2 heterocycles. The zero-order valence-electron chi connectivity index (χ0n) is 21.6. The average Bonchev–Trinajstić information content (AvgIpc) is 3.40. The first-order valence-electron chi connectivity index (χ1n) is 12.7. The lowest BCUT2D eigenvalue weighted by Gasteiger charge is -2.36. The number of hydrogen-bond acceptors (Lipinski definition) is 5. The molecule has 0 bridgehead atoms. The second-order valence-electron chi connectivity index (χ2n) is 10.1. The molecule has 38 heavy (non-hydrogen) atoms. The summed E-state index contributed by atoms with van der Waals surface area (Å²) in [4.78, 5) is 22.4. The molecule has 1 amide bonds. The molecule has 6 nitrogen and oxygen atoms in total. The number of likely N-dealkylation sites (N-methyl/N-ethyl adjacent to an activating group) is 1. The van der Waals surface area contributed by atoms with Gasteiger partial charge in [-0.05, 0) is 86.3 Å². The number of aryl methyl sites for hydroxylation is 2. The Bertz CT molecular complexity index is 1450. The molecule has 0 saturated carbocycles. The maximum absolute atomic E-state index is 15.3. The zero-order valence-corrected chi connectivity index (χ0v) is 22.4. The van der Waals surface area contributed by atoms with Gasteiger partial charge in [0.1, 0.15) is 17.9 Å². The number of nitrogens with zero attached hydrogens (tertiary/aromatic N) is 4. The van der Waals surface area contributed by atoms with Crippen molar-refractivity contribution in [1.82, 2.24) is 10.2 Å². The highest BCUT2D eigenvalue weighted by atomic mass is 35.5. The van der Waals surface area contributed by atoms with Crippen LogP contribution in [0.4, 0.5) is 15.8 Å². The monoisotopic (exact) mass is 529 g/mol. The van der Waals surface area contributed by atoms with E-state index in [1.807, 2.05) is 62.2 Å². The van der Waals surface area contributed by atoms with E-state index in [1.54, 1.807) is 23.4 Å². The summed E-state index contributed by atoms with van der Waals surface area (Å²) in [5.74, 6) is -0.670. The van der Waals surface area contributed by atoms with Gasteiger partial charge in [-0.15, -0.1) is 0 Å². The van der Waals surface area contributed by atoms with Crippen molar-refractivity contribution in [1.29, 1.82) is 5.26 Å². The van der Waals surface area contributed by atoms with Gasteiger partial charge in [0.25, 0.3) is 0 Å². The Kier molecular flexibility index (Phi) is 7.20. The quantitative estimate of drug-likeness (QED) is 0.435. The molecular formula is C30H29ClFN5O. The fourth-order valence-electron chi connectivity index (χ4n) is 5.37. The first-order valence-corrected chi connectivity index (χ1v) is 13.1. The van der Waals surface area contributed by atoms with Gasteiger partial charge in [-0.25, -0.2) is 9.38 Å². The number of amides is 1. The number of aliphatic imine (C=N–C) groups is 1. The molecule has 1 unspecified atom stereocenters. The summed E-state index contributed by atoms with van der Waals surface area (Å²) in [7, 11) is 1.82. The molecule has 1 fully saturated rings. The lowest BCUT2D eigenvalue weighted by Crippen LogP contribution is -2.46. The molecule has 1 N–H and O–H groups in total. The van der Waals surface area contributed by atoms with Crippen molar-refractivity contribution in [3.8, 4) is 17.2 Å². The minimum Gasteiger partial charge on any atom is -0.342 e. The Labute approximate surface area is 227 Å². The Morgan fingerprint density at radius 1 is 1.24 bits per heavy atom. The average molecular weight is 530 g/mol. The summed E-state index contributed by atoms with van der Waals surface area (Å²) in [6.45, 7) is 5.37. The number of rotatable bonds is 5. The van der Waals surface area contributed by atoms with Gasteiger partial charge in [-0.2, -0.15) is 5.26 Å². The van der Waals surface area contributed by atoms with Gasteiger partial charge < -0.3 is 15.1 Å². The number of carbonyl (C=O) groups excluding carboxylic acids is 1. The summed E-state index contributed by atoms with van der Waals surface area (Å²) in [5.41, 5.74) is 4.75. The van der Waals surface area contributed by atoms with Crippen LogP contribution in [-0.4, -0.2) is 43.3 Å². The highest BCUT2D eigenvalue weighted by Gasteiger charge is 2.36. The van der Waals surface area contributed by atoms with Crippen molar-refractivity contribution in [2.45, 2.75) is 38.8 Å². The van der Waals surface area contributed by atoms with E-state index >= 15 is 4.39 Å². The van der Waals surface area contributed by atoms with Gasteiger partial charge in [0.2, 0.25) is 5.91 Å². The molecule has 2 atom stereocenters.